The van der Waals surface area contributed by atoms with Crippen LogP contribution in [0.4, 0.5) is 4.39 Å². The van der Waals surface area contributed by atoms with Crippen LogP contribution < -0.4 is 5.32 Å². The maximum atomic E-state index is 12.7. The predicted octanol–water partition coefficient (Wildman–Crippen LogP) is 2.18. The zero-order chi connectivity index (χ0) is 12.1. The van der Waals surface area contributed by atoms with Gasteiger partial charge in [-0.25, -0.2) is 4.39 Å². The first-order chi connectivity index (χ1) is 7.54. The van der Waals surface area contributed by atoms with Crippen LogP contribution in [0.15, 0.2) is 29.2 Å². The van der Waals surface area contributed by atoms with Crippen LogP contribution in [0.3, 0.4) is 0 Å². The minimum Gasteiger partial charge on any atom is -0.316 e. The Morgan fingerprint density at radius 1 is 1.31 bits per heavy atom. The molecule has 0 aliphatic heterocycles. The first kappa shape index (κ1) is 13.3. The van der Waals surface area contributed by atoms with E-state index in [1.54, 1.807) is 12.1 Å². The summed E-state index contributed by atoms with van der Waals surface area (Å²) in [6.07, 6.45) is 0. The van der Waals surface area contributed by atoms with Gasteiger partial charge in [0, 0.05) is 16.7 Å². The van der Waals surface area contributed by atoms with Crippen molar-refractivity contribution in [2.45, 2.75) is 24.8 Å². The van der Waals surface area contributed by atoms with Crippen LogP contribution in [0.5, 0.6) is 0 Å². The number of rotatable bonds is 5. The van der Waals surface area contributed by atoms with E-state index < -0.39 is 10.8 Å². The molecule has 2 atom stereocenters. The minimum absolute atomic E-state index is 0.214. The molecule has 0 fully saturated rings. The number of hydrogen-bond acceptors (Lipinski definition) is 2. The Balaban J connectivity index is 2.68. The first-order valence-corrected chi connectivity index (χ1v) is 6.67. The molecule has 2 nitrogen and oxygen atoms in total. The van der Waals surface area contributed by atoms with Gasteiger partial charge in [-0.2, -0.15) is 0 Å². The molecule has 16 heavy (non-hydrogen) atoms. The van der Waals surface area contributed by atoms with Crippen LogP contribution in [-0.4, -0.2) is 23.1 Å². The van der Waals surface area contributed by atoms with Crippen molar-refractivity contribution < 1.29 is 8.60 Å². The summed E-state index contributed by atoms with van der Waals surface area (Å²) in [5.41, 5.74) is 0. The molecular formula is C12H18FNOS. The maximum absolute atomic E-state index is 12.7. The molecule has 1 aromatic carbocycles. The molecule has 0 radical (unpaired) electrons. The number of nitrogens with one attached hydrogen (secondary N) is 1. The van der Waals surface area contributed by atoms with Gasteiger partial charge in [0.1, 0.15) is 5.82 Å². The molecule has 4 heteroatoms. The van der Waals surface area contributed by atoms with Gasteiger partial charge in [0.25, 0.3) is 0 Å². The second-order valence-electron chi connectivity index (χ2n) is 4.11. The standard InChI is InChI=1S/C12H18FNOS/c1-9(2)12(14-3)8-16(15)11-6-4-10(13)5-7-11/h4-7,9,12,14H,8H2,1-3H3. The van der Waals surface area contributed by atoms with E-state index in [1.165, 1.54) is 12.1 Å². The van der Waals surface area contributed by atoms with E-state index in [0.717, 1.165) is 0 Å². The average Bonchev–Trinajstić information content (AvgIpc) is 2.26. The lowest BCUT2D eigenvalue weighted by Gasteiger charge is -2.19. The highest BCUT2D eigenvalue weighted by Crippen LogP contribution is 2.11. The van der Waals surface area contributed by atoms with Gasteiger partial charge in [0.15, 0.2) is 0 Å². The molecule has 0 amide bonds. The summed E-state index contributed by atoms with van der Waals surface area (Å²) in [5, 5.41) is 3.15. The van der Waals surface area contributed by atoms with Crippen LogP contribution >= 0.6 is 0 Å². The monoisotopic (exact) mass is 243 g/mol. The minimum atomic E-state index is -1.07. The van der Waals surface area contributed by atoms with Gasteiger partial charge < -0.3 is 5.32 Å². The van der Waals surface area contributed by atoms with Crippen LogP contribution in [0.25, 0.3) is 0 Å². The second kappa shape index (κ2) is 6.11. The van der Waals surface area contributed by atoms with Gasteiger partial charge in [0.2, 0.25) is 0 Å². The molecule has 1 aromatic rings. The van der Waals surface area contributed by atoms with Crippen LogP contribution in [0.1, 0.15) is 13.8 Å². The molecule has 0 heterocycles. The molecule has 90 valence electrons. The van der Waals surface area contributed by atoms with Gasteiger partial charge in [0.05, 0.1) is 10.8 Å². The lowest BCUT2D eigenvalue weighted by molar-refractivity contribution is 0.461. The summed E-state index contributed by atoms with van der Waals surface area (Å²) in [5.74, 6) is 0.684. The predicted molar refractivity (Wildman–Crippen MR) is 65.4 cm³/mol. The molecule has 0 saturated heterocycles. The first-order valence-electron chi connectivity index (χ1n) is 5.35. The van der Waals surface area contributed by atoms with Crippen molar-refractivity contribution in [3.8, 4) is 0 Å². The fourth-order valence-electron chi connectivity index (χ4n) is 1.45. The van der Waals surface area contributed by atoms with E-state index in [9.17, 15) is 8.60 Å². The Bertz CT molecular complexity index is 351. The van der Waals surface area contributed by atoms with Crippen molar-refractivity contribution in [1.29, 1.82) is 0 Å². The van der Waals surface area contributed by atoms with Gasteiger partial charge in [-0.3, -0.25) is 4.21 Å². The van der Waals surface area contributed by atoms with E-state index in [2.05, 4.69) is 19.2 Å². The summed E-state index contributed by atoms with van der Waals surface area (Å²) < 4.78 is 24.7. The van der Waals surface area contributed by atoms with Crippen molar-refractivity contribution in [2.24, 2.45) is 5.92 Å². The molecule has 1 N–H and O–H groups in total. The summed E-state index contributed by atoms with van der Waals surface area (Å²) in [4.78, 5) is 0.683. The van der Waals surface area contributed by atoms with Crippen LogP contribution in [0, 0.1) is 11.7 Å². The Hall–Kier alpha value is -0.740. The summed E-state index contributed by atoms with van der Waals surface area (Å²) in [7, 11) is 0.796. The molecule has 0 aliphatic carbocycles. The van der Waals surface area contributed by atoms with Gasteiger partial charge in [-0.05, 0) is 37.2 Å². The van der Waals surface area contributed by atoms with Crippen molar-refractivity contribution in [3.05, 3.63) is 30.1 Å². The highest BCUT2D eigenvalue weighted by molar-refractivity contribution is 7.85. The molecular weight excluding hydrogens is 225 g/mol. The van der Waals surface area contributed by atoms with E-state index in [0.29, 0.717) is 16.6 Å². The Morgan fingerprint density at radius 3 is 2.31 bits per heavy atom. The maximum Gasteiger partial charge on any atom is 0.123 e. The second-order valence-corrected chi connectivity index (χ2v) is 5.60. The fourth-order valence-corrected chi connectivity index (χ4v) is 2.96. The fraction of sp³-hybridized carbons (Fsp3) is 0.500. The highest BCUT2D eigenvalue weighted by Gasteiger charge is 2.15. The lowest BCUT2D eigenvalue weighted by Crippen LogP contribution is -2.35. The number of benzene rings is 1. The van der Waals surface area contributed by atoms with Gasteiger partial charge in [-0.15, -0.1) is 0 Å². The van der Waals surface area contributed by atoms with E-state index in [1.807, 2.05) is 7.05 Å². The zero-order valence-corrected chi connectivity index (χ0v) is 10.7. The summed E-state index contributed by atoms with van der Waals surface area (Å²) in [6, 6.07) is 6.07. The molecule has 0 aromatic heterocycles. The topological polar surface area (TPSA) is 29.1 Å². The largest absolute Gasteiger partial charge is 0.316 e. The number of hydrogen-bond donors (Lipinski definition) is 1. The SMILES string of the molecule is CNC(CS(=O)c1ccc(F)cc1)C(C)C. The molecule has 2 unspecified atom stereocenters. The van der Waals surface area contributed by atoms with Crippen LogP contribution in [-0.2, 0) is 10.8 Å². The van der Waals surface area contributed by atoms with Crippen LogP contribution in [0.2, 0.25) is 0 Å². The number of halogens is 1. The Morgan fingerprint density at radius 2 is 1.88 bits per heavy atom. The van der Waals surface area contributed by atoms with E-state index in [4.69, 9.17) is 0 Å². The Labute approximate surface area is 98.7 Å². The van der Waals surface area contributed by atoms with Crippen molar-refractivity contribution in [1.82, 2.24) is 5.32 Å². The lowest BCUT2D eigenvalue weighted by atomic mass is 10.1. The van der Waals surface area contributed by atoms with Gasteiger partial charge >= 0.3 is 0 Å². The van der Waals surface area contributed by atoms with Crippen molar-refractivity contribution in [2.75, 3.05) is 12.8 Å². The normalized spacial score (nSPS) is 15.1. The smallest absolute Gasteiger partial charge is 0.123 e. The molecule has 0 spiro atoms. The van der Waals surface area contributed by atoms with Crippen molar-refractivity contribution >= 4 is 10.8 Å². The van der Waals surface area contributed by atoms with Crippen molar-refractivity contribution in [3.63, 3.8) is 0 Å². The molecule has 0 saturated carbocycles. The average molecular weight is 243 g/mol. The summed E-state index contributed by atoms with van der Waals surface area (Å²) in [6.45, 7) is 4.17. The summed E-state index contributed by atoms with van der Waals surface area (Å²) >= 11 is 0. The molecule has 0 bridgehead atoms. The third kappa shape index (κ3) is 3.68. The van der Waals surface area contributed by atoms with E-state index >= 15 is 0 Å². The quantitative estimate of drug-likeness (QED) is 0.859. The Kier molecular flexibility index (Phi) is 5.09. The third-order valence-electron chi connectivity index (χ3n) is 2.58. The highest BCUT2D eigenvalue weighted by atomic mass is 32.2. The third-order valence-corrected chi connectivity index (χ3v) is 4.04. The van der Waals surface area contributed by atoms with Gasteiger partial charge in [-0.1, -0.05) is 13.8 Å². The zero-order valence-electron chi connectivity index (χ0n) is 9.87. The van der Waals surface area contributed by atoms with E-state index in [-0.39, 0.29) is 11.9 Å². The molecule has 1 rings (SSSR count). The molecule has 0 aliphatic rings.